The molecule has 2 N–H and O–H groups in total. The van der Waals surface area contributed by atoms with Crippen molar-refractivity contribution in [1.82, 2.24) is 15.3 Å². The third-order valence-electron chi connectivity index (χ3n) is 4.77. The van der Waals surface area contributed by atoms with Gasteiger partial charge >= 0.3 is 0 Å². The molecule has 138 valence electrons. The number of nitrogens with one attached hydrogen (secondary N) is 2. The number of carbonyl (C=O) groups is 1. The summed E-state index contributed by atoms with van der Waals surface area (Å²) in [4.78, 5) is 22.8. The van der Waals surface area contributed by atoms with E-state index in [-0.39, 0.29) is 5.91 Å². The second-order valence-electron chi connectivity index (χ2n) is 6.91. The Balaban J connectivity index is 1.57. The summed E-state index contributed by atoms with van der Waals surface area (Å²) in [6.45, 7) is 5.17. The van der Waals surface area contributed by atoms with Crippen molar-refractivity contribution in [2.45, 2.75) is 26.2 Å². The van der Waals surface area contributed by atoms with Gasteiger partial charge in [-0.25, -0.2) is 9.97 Å². The van der Waals surface area contributed by atoms with Crippen molar-refractivity contribution in [3.8, 4) is 0 Å². The predicted molar refractivity (Wildman–Crippen MR) is 105 cm³/mol. The molecule has 1 fully saturated rings. The molecular weight excluding hydrogens is 326 g/mol. The van der Waals surface area contributed by atoms with Gasteiger partial charge < -0.3 is 15.5 Å². The van der Waals surface area contributed by atoms with Gasteiger partial charge in [-0.1, -0.05) is 19.1 Å². The van der Waals surface area contributed by atoms with Gasteiger partial charge in [0.15, 0.2) is 0 Å². The Kier molecular flexibility index (Phi) is 6.04. The van der Waals surface area contributed by atoms with Crippen LogP contribution in [-0.4, -0.2) is 42.6 Å². The standard InChI is InChI=1S/C20H27N5O/c1-15-5-4-10-25(13-15)19-12-18(23-14-24-19)22-9-8-16-6-3-7-17(11-16)20(26)21-2/h3,6-7,11-12,14-15H,4-5,8-10,13H2,1-2H3,(H,21,26)(H,22,23,24). The maximum absolute atomic E-state index is 11.7. The van der Waals surface area contributed by atoms with Crippen LogP contribution in [0.1, 0.15) is 35.7 Å². The minimum absolute atomic E-state index is 0.0592. The van der Waals surface area contributed by atoms with Crippen LogP contribution >= 0.6 is 0 Å². The number of nitrogens with zero attached hydrogens (tertiary/aromatic N) is 3. The zero-order valence-electron chi connectivity index (χ0n) is 15.5. The molecule has 1 aliphatic rings. The summed E-state index contributed by atoms with van der Waals surface area (Å²) in [6.07, 6.45) is 4.96. The molecule has 1 aromatic heterocycles. The molecule has 1 amide bonds. The van der Waals surface area contributed by atoms with Gasteiger partial charge in [0.25, 0.3) is 5.91 Å². The molecule has 6 nitrogen and oxygen atoms in total. The summed E-state index contributed by atoms with van der Waals surface area (Å²) < 4.78 is 0. The molecule has 0 radical (unpaired) electrons. The highest BCUT2D eigenvalue weighted by Gasteiger charge is 2.17. The first kappa shape index (κ1) is 18.2. The van der Waals surface area contributed by atoms with Crippen molar-refractivity contribution in [2.75, 3.05) is 36.9 Å². The molecule has 0 spiro atoms. The molecule has 0 saturated carbocycles. The van der Waals surface area contributed by atoms with E-state index in [1.165, 1.54) is 12.8 Å². The number of hydrogen-bond donors (Lipinski definition) is 2. The van der Waals surface area contributed by atoms with Gasteiger partial charge in [-0.2, -0.15) is 0 Å². The molecule has 26 heavy (non-hydrogen) atoms. The Morgan fingerprint density at radius 3 is 3.00 bits per heavy atom. The van der Waals surface area contributed by atoms with E-state index in [0.29, 0.717) is 11.5 Å². The van der Waals surface area contributed by atoms with Crippen molar-refractivity contribution in [3.05, 3.63) is 47.8 Å². The van der Waals surface area contributed by atoms with Gasteiger partial charge in [-0.3, -0.25) is 4.79 Å². The van der Waals surface area contributed by atoms with Crippen molar-refractivity contribution >= 4 is 17.5 Å². The monoisotopic (exact) mass is 353 g/mol. The number of amides is 1. The van der Waals surface area contributed by atoms with Gasteiger partial charge in [0.2, 0.25) is 0 Å². The number of benzene rings is 1. The maximum Gasteiger partial charge on any atom is 0.251 e. The fourth-order valence-corrected chi connectivity index (χ4v) is 3.36. The average Bonchev–Trinajstić information content (AvgIpc) is 2.68. The topological polar surface area (TPSA) is 70.2 Å². The van der Waals surface area contributed by atoms with Crippen LogP contribution in [0, 0.1) is 5.92 Å². The Morgan fingerprint density at radius 2 is 2.19 bits per heavy atom. The average molecular weight is 353 g/mol. The maximum atomic E-state index is 11.7. The van der Waals surface area contributed by atoms with E-state index in [2.05, 4.69) is 32.4 Å². The quantitative estimate of drug-likeness (QED) is 0.836. The summed E-state index contributed by atoms with van der Waals surface area (Å²) in [6, 6.07) is 9.74. The lowest BCUT2D eigenvalue weighted by molar-refractivity contribution is 0.0963. The van der Waals surface area contributed by atoms with Gasteiger partial charge in [0.05, 0.1) is 0 Å². The molecule has 1 saturated heterocycles. The van der Waals surface area contributed by atoms with Crippen LogP contribution in [0.5, 0.6) is 0 Å². The first-order chi connectivity index (χ1) is 12.7. The number of carbonyl (C=O) groups excluding carboxylic acids is 1. The second kappa shape index (κ2) is 8.65. The smallest absolute Gasteiger partial charge is 0.251 e. The van der Waals surface area contributed by atoms with Crippen LogP contribution < -0.4 is 15.5 Å². The highest BCUT2D eigenvalue weighted by atomic mass is 16.1. The van der Waals surface area contributed by atoms with Gasteiger partial charge in [-0.05, 0) is 42.9 Å². The number of aromatic nitrogens is 2. The first-order valence-corrected chi connectivity index (χ1v) is 9.27. The predicted octanol–water partition coefficient (Wildman–Crippen LogP) is 2.73. The summed E-state index contributed by atoms with van der Waals surface area (Å²) in [7, 11) is 1.65. The van der Waals surface area contributed by atoms with Crippen molar-refractivity contribution in [3.63, 3.8) is 0 Å². The zero-order valence-corrected chi connectivity index (χ0v) is 15.5. The molecule has 3 rings (SSSR count). The van der Waals surface area contributed by atoms with Crippen LogP contribution in [0.25, 0.3) is 0 Å². The van der Waals surface area contributed by atoms with Crippen LogP contribution in [0.4, 0.5) is 11.6 Å². The molecule has 1 unspecified atom stereocenters. The van der Waals surface area contributed by atoms with Crippen molar-refractivity contribution in [2.24, 2.45) is 5.92 Å². The molecule has 6 heteroatoms. The molecule has 2 aromatic rings. The zero-order chi connectivity index (χ0) is 18.4. The largest absolute Gasteiger partial charge is 0.370 e. The fourth-order valence-electron chi connectivity index (χ4n) is 3.36. The van der Waals surface area contributed by atoms with Crippen molar-refractivity contribution in [1.29, 1.82) is 0 Å². The van der Waals surface area contributed by atoms with Crippen LogP contribution in [0.15, 0.2) is 36.7 Å². The van der Waals surface area contributed by atoms with E-state index in [4.69, 9.17) is 0 Å². The molecule has 2 heterocycles. The SMILES string of the molecule is CNC(=O)c1cccc(CCNc2cc(N3CCCC(C)C3)ncn2)c1. The summed E-state index contributed by atoms with van der Waals surface area (Å²) in [5.74, 6) is 2.49. The Bertz CT molecular complexity index is 748. The van der Waals surface area contributed by atoms with Gasteiger partial charge in [0.1, 0.15) is 18.0 Å². The van der Waals surface area contributed by atoms with Gasteiger partial charge in [0, 0.05) is 38.3 Å². The lowest BCUT2D eigenvalue weighted by Crippen LogP contribution is -2.34. The summed E-state index contributed by atoms with van der Waals surface area (Å²) in [5.41, 5.74) is 1.81. The molecule has 1 atom stereocenters. The van der Waals surface area contributed by atoms with E-state index in [1.54, 1.807) is 13.4 Å². The molecule has 0 bridgehead atoms. The van der Waals surface area contributed by atoms with Crippen LogP contribution in [0.2, 0.25) is 0 Å². The number of anilines is 2. The number of hydrogen-bond acceptors (Lipinski definition) is 5. The first-order valence-electron chi connectivity index (χ1n) is 9.27. The lowest BCUT2D eigenvalue weighted by Gasteiger charge is -2.31. The van der Waals surface area contributed by atoms with E-state index in [0.717, 1.165) is 43.3 Å². The van der Waals surface area contributed by atoms with E-state index < -0.39 is 0 Å². The molecule has 1 aromatic carbocycles. The summed E-state index contributed by atoms with van der Waals surface area (Å²) >= 11 is 0. The Morgan fingerprint density at radius 1 is 1.31 bits per heavy atom. The number of piperidine rings is 1. The lowest BCUT2D eigenvalue weighted by atomic mass is 10.0. The highest BCUT2D eigenvalue weighted by molar-refractivity contribution is 5.94. The third-order valence-corrected chi connectivity index (χ3v) is 4.77. The highest BCUT2D eigenvalue weighted by Crippen LogP contribution is 2.22. The minimum Gasteiger partial charge on any atom is -0.370 e. The molecular formula is C20H27N5O. The Labute approximate surface area is 155 Å². The Hall–Kier alpha value is -2.63. The fraction of sp³-hybridized carbons (Fsp3) is 0.450. The van der Waals surface area contributed by atoms with Crippen LogP contribution in [-0.2, 0) is 6.42 Å². The minimum atomic E-state index is -0.0592. The number of rotatable bonds is 6. The van der Waals surface area contributed by atoms with Gasteiger partial charge in [-0.15, -0.1) is 0 Å². The summed E-state index contributed by atoms with van der Waals surface area (Å²) in [5, 5.41) is 6.02. The van der Waals surface area contributed by atoms with E-state index >= 15 is 0 Å². The van der Waals surface area contributed by atoms with E-state index in [9.17, 15) is 4.79 Å². The molecule has 0 aliphatic carbocycles. The second-order valence-corrected chi connectivity index (χ2v) is 6.91. The van der Waals surface area contributed by atoms with Crippen molar-refractivity contribution < 1.29 is 4.79 Å². The normalized spacial score (nSPS) is 17.0. The van der Waals surface area contributed by atoms with Crippen LogP contribution in [0.3, 0.4) is 0 Å². The third kappa shape index (κ3) is 4.71. The van der Waals surface area contributed by atoms with E-state index in [1.807, 2.05) is 30.3 Å². The molecule has 1 aliphatic heterocycles.